The maximum atomic E-state index is 12.6. The number of halogens is 2. The van der Waals surface area contributed by atoms with Crippen LogP contribution in [0.1, 0.15) is 25.7 Å². The Morgan fingerprint density at radius 2 is 1.52 bits per heavy atom. The van der Waals surface area contributed by atoms with E-state index in [1.165, 1.54) is 43.9 Å². The third-order valence-electron chi connectivity index (χ3n) is 5.21. The van der Waals surface area contributed by atoms with Crippen LogP contribution < -0.4 is 9.62 Å². The molecule has 1 aromatic heterocycles. The Hall–Kier alpha value is -2.35. The highest BCUT2D eigenvalue weighted by Crippen LogP contribution is 2.27. The third kappa shape index (κ3) is 5.29. The molecule has 162 valence electrons. The number of benzene rings is 2. The van der Waals surface area contributed by atoms with Crippen LogP contribution in [0.25, 0.3) is 11.3 Å². The molecule has 0 aliphatic carbocycles. The molecule has 0 bridgehead atoms. The zero-order valence-electron chi connectivity index (χ0n) is 16.8. The molecule has 0 radical (unpaired) electrons. The molecular weight excluding hydrogens is 455 g/mol. The van der Waals surface area contributed by atoms with E-state index in [-0.39, 0.29) is 9.92 Å². The number of hydrogen-bond donors (Lipinski definition) is 1. The van der Waals surface area contributed by atoms with Crippen LogP contribution in [0.15, 0.2) is 59.5 Å². The van der Waals surface area contributed by atoms with Crippen LogP contribution in [0.4, 0.5) is 11.5 Å². The number of nitrogens with one attached hydrogen (secondary N) is 1. The number of sulfonamides is 1. The summed E-state index contributed by atoms with van der Waals surface area (Å²) in [6.07, 6.45) is 4.90. The molecule has 1 saturated heterocycles. The summed E-state index contributed by atoms with van der Waals surface area (Å²) in [5, 5.41) is 9.25. The van der Waals surface area contributed by atoms with Crippen LogP contribution in [0.5, 0.6) is 0 Å². The van der Waals surface area contributed by atoms with Crippen molar-refractivity contribution in [1.29, 1.82) is 0 Å². The van der Waals surface area contributed by atoms with Crippen molar-refractivity contribution in [2.75, 3.05) is 22.7 Å². The van der Waals surface area contributed by atoms with Crippen LogP contribution in [0.3, 0.4) is 0 Å². The summed E-state index contributed by atoms with van der Waals surface area (Å²) in [6.45, 7) is 2.03. The molecule has 2 aromatic carbocycles. The largest absolute Gasteiger partial charge is 0.355 e. The average Bonchev–Trinajstić information content (AvgIpc) is 3.06. The van der Waals surface area contributed by atoms with Gasteiger partial charge in [-0.1, -0.05) is 48.2 Å². The Kier molecular flexibility index (Phi) is 6.65. The Morgan fingerprint density at radius 3 is 2.13 bits per heavy atom. The van der Waals surface area contributed by atoms with E-state index in [0.717, 1.165) is 30.2 Å². The smallest absolute Gasteiger partial charge is 0.261 e. The summed E-state index contributed by atoms with van der Waals surface area (Å²) in [4.78, 5) is 2.32. The van der Waals surface area contributed by atoms with Gasteiger partial charge in [-0.3, -0.25) is 4.72 Å². The Morgan fingerprint density at radius 1 is 0.806 bits per heavy atom. The van der Waals surface area contributed by atoms with Crippen molar-refractivity contribution < 1.29 is 8.42 Å². The summed E-state index contributed by atoms with van der Waals surface area (Å²) < 4.78 is 27.7. The van der Waals surface area contributed by atoms with Gasteiger partial charge >= 0.3 is 0 Å². The number of aromatic nitrogens is 2. The molecule has 4 rings (SSSR count). The van der Waals surface area contributed by atoms with E-state index < -0.39 is 10.0 Å². The normalized spacial score (nSPS) is 14.8. The second-order valence-electron chi connectivity index (χ2n) is 7.44. The first-order valence-corrected chi connectivity index (χ1v) is 12.3. The fraction of sp³-hybridized carbons (Fsp3) is 0.273. The molecule has 1 fully saturated rings. The first kappa shape index (κ1) is 21.9. The Bertz CT molecular complexity index is 1150. The van der Waals surface area contributed by atoms with Gasteiger partial charge in [0, 0.05) is 24.3 Å². The summed E-state index contributed by atoms with van der Waals surface area (Å²) >= 11 is 11.8. The van der Waals surface area contributed by atoms with E-state index >= 15 is 0 Å². The highest BCUT2D eigenvalue weighted by atomic mass is 35.5. The maximum Gasteiger partial charge on any atom is 0.261 e. The van der Waals surface area contributed by atoms with Crippen LogP contribution in [0, 0.1) is 0 Å². The van der Waals surface area contributed by atoms with Crippen molar-refractivity contribution in [1.82, 2.24) is 10.2 Å². The summed E-state index contributed by atoms with van der Waals surface area (Å²) in [6, 6.07) is 15.1. The molecule has 2 heterocycles. The molecule has 0 unspecified atom stereocenters. The van der Waals surface area contributed by atoms with E-state index in [2.05, 4.69) is 19.8 Å². The molecule has 9 heteroatoms. The lowest BCUT2D eigenvalue weighted by Gasteiger charge is -2.20. The first-order chi connectivity index (χ1) is 14.9. The van der Waals surface area contributed by atoms with Crippen molar-refractivity contribution >= 4 is 44.7 Å². The minimum Gasteiger partial charge on any atom is -0.355 e. The van der Waals surface area contributed by atoms with Crippen molar-refractivity contribution in [2.45, 2.75) is 30.6 Å². The van der Waals surface area contributed by atoms with Gasteiger partial charge in [-0.2, -0.15) is 0 Å². The van der Waals surface area contributed by atoms with Crippen LogP contribution >= 0.6 is 23.2 Å². The molecule has 3 aromatic rings. The van der Waals surface area contributed by atoms with Crippen molar-refractivity contribution in [2.24, 2.45) is 0 Å². The first-order valence-electron chi connectivity index (χ1n) is 10.1. The molecule has 0 saturated carbocycles. The minimum atomic E-state index is -3.78. The van der Waals surface area contributed by atoms with E-state index in [9.17, 15) is 8.42 Å². The maximum absolute atomic E-state index is 12.6. The molecule has 0 spiro atoms. The van der Waals surface area contributed by atoms with Crippen LogP contribution in [-0.2, 0) is 10.0 Å². The fourth-order valence-corrected chi connectivity index (χ4v) is 4.96. The lowest BCUT2D eigenvalue weighted by Crippen LogP contribution is -2.25. The second-order valence-corrected chi connectivity index (χ2v) is 9.93. The molecule has 6 nitrogen and oxygen atoms in total. The van der Waals surface area contributed by atoms with Gasteiger partial charge in [0.2, 0.25) is 0 Å². The van der Waals surface area contributed by atoms with E-state index in [0.29, 0.717) is 10.7 Å². The fourth-order valence-electron chi connectivity index (χ4n) is 3.51. The molecule has 0 amide bonds. The number of hydrogen-bond acceptors (Lipinski definition) is 5. The van der Waals surface area contributed by atoms with E-state index in [4.69, 9.17) is 23.2 Å². The number of anilines is 2. The van der Waals surface area contributed by atoms with Gasteiger partial charge < -0.3 is 4.90 Å². The van der Waals surface area contributed by atoms with Gasteiger partial charge in [0.25, 0.3) is 10.0 Å². The summed E-state index contributed by atoms with van der Waals surface area (Å²) in [7, 11) is -3.78. The van der Waals surface area contributed by atoms with Gasteiger partial charge in [-0.05, 0) is 55.3 Å². The van der Waals surface area contributed by atoms with Gasteiger partial charge in [-0.15, -0.1) is 10.2 Å². The number of rotatable bonds is 5. The zero-order chi connectivity index (χ0) is 21.8. The molecule has 1 aliphatic heterocycles. The van der Waals surface area contributed by atoms with Crippen molar-refractivity contribution in [3.63, 3.8) is 0 Å². The highest BCUT2D eigenvalue weighted by Gasteiger charge is 2.16. The Balaban J connectivity index is 1.47. The van der Waals surface area contributed by atoms with Gasteiger partial charge in [0.05, 0.1) is 20.6 Å². The van der Waals surface area contributed by atoms with Crippen molar-refractivity contribution in [3.8, 4) is 11.3 Å². The predicted octanol–water partition coefficient (Wildman–Crippen LogP) is 5.63. The molecular formula is C22H22Cl2N4O2S. The van der Waals surface area contributed by atoms with Crippen LogP contribution in [-0.4, -0.2) is 31.7 Å². The summed E-state index contributed by atoms with van der Waals surface area (Å²) in [5.41, 5.74) is 2.02. The van der Waals surface area contributed by atoms with Crippen LogP contribution in [0.2, 0.25) is 10.0 Å². The van der Waals surface area contributed by atoms with Gasteiger partial charge in [0.15, 0.2) is 5.82 Å². The lowest BCUT2D eigenvalue weighted by molar-refractivity contribution is 0.601. The molecule has 0 atom stereocenters. The van der Waals surface area contributed by atoms with Gasteiger partial charge in [-0.25, -0.2) is 8.42 Å². The monoisotopic (exact) mass is 476 g/mol. The third-order valence-corrected chi connectivity index (χ3v) is 7.33. The number of nitrogens with zero attached hydrogens (tertiary/aromatic N) is 3. The average molecular weight is 477 g/mol. The predicted molar refractivity (Wildman–Crippen MR) is 125 cm³/mol. The lowest BCUT2D eigenvalue weighted by atomic mass is 10.1. The molecule has 1 aliphatic rings. The topological polar surface area (TPSA) is 75.2 Å². The SMILES string of the molecule is O=S(=O)(Nc1ccc(-c2ccc(N3CCCCCC3)nn2)cc1)c1ccc(Cl)c(Cl)c1. The summed E-state index contributed by atoms with van der Waals surface area (Å²) in [5.74, 6) is 0.900. The Labute approximate surface area is 192 Å². The second kappa shape index (κ2) is 9.42. The minimum absolute atomic E-state index is 0.0425. The van der Waals surface area contributed by atoms with Crippen molar-refractivity contribution in [3.05, 3.63) is 64.6 Å². The quantitative estimate of drug-likeness (QED) is 0.516. The standard InChI is InChI=1S/C22H22Cl2N4O2S/c23-19-10-9-18(15-20(19)24)31(29,30)27-17-7-5-16(6-8-17)21-11-12-22(26-25-21)28-13-3-1-2-4-14-28/h5-12,15,27H,1-4,13-14H2. The highest BCUT2D eigenvalue weighted by molar-refractivity contribution is 7.92. The van der Waals surface area contributed by atoms with Gasteiger partial charge in [0.1, 0.15) is 0 Å². The molecule has 1 N–H and O–H groups in total. The zero-order valence-corrected chi connectivity index (χ0v) is 19.1. The molecule has 31 heavy (non-hydrogen) atoms. The van der Waals surface area contributed by atoms with E-state index in [1.54, 1.807) is 12.1 Å². The van der Waals surface area contributed by atoms with E-state index in [1.807, 2.05) is 24.3 Å².